The van der Waals surface area contributed by atoms with E-state index in [1.807, 2.05) is 29.2 Å². The van der Waals surface area contributed by atoms with Gasteiger partial charge in [-0.3, -0.25) is 9.59 Å². The summed E-state index contributed by atoms with van der Waals surface area (Å²) in [6.45, 7) is 2.51. The molecule has 1 heterocycles. The number of amides is 2. The van der Waals surface area contributed by atoms with Gasteiger partial charge in [0.05, 0.1) is 12.9 Å². The molecule has 0 spiro atoms. The second-order valence-corrected chi connectivity index (χ2v) is 5.54. The average Bonchev–Trinajstić information content (AvgIpc) is 2.53. The van der Waals surface area contributed by atoms with Gasteiger partial charge in [0, 0.05) is 31.1 Å². The number of carbonyl (C=O) groups excluding carboxylic acids is 2. The van der Waals surface area contributed by atoms with E-state index in [0.29, 0.717) is 31.9 Å². The monoisotopic (exact) mass is 294 g/mol. The summed E-state index contributed by atoms with van der Waals surface area (Å²) >= 11 is 1.52. The zero-order valence-corrected chi connectivity index (χ0v) is 12.3. The number of piperazine rings is 1. The van der Waals surface area contributed by atoms with Crippen molar-refractivity contribution in [2.24, 2.45) is 0 Å². The number of rotatable bonds is 5. The Bertz CT molecular complexity index is 456. The Hall–Kier alpha value is -1.69. The quantitative estimate of drug-likeness (QED) is 0.602. The summed E-state index contributed by atoms with van der Waals surface area (Å²) in [7, 11) is 1.63. The number of methoxy groups -OCH3 is 1. The van der Waals surface area contributed by atoms with Gasteiger partial charge >= 0.3 is 0 Å². The maximum absolute atomic E-state index is 12.1. The SMILES string of the molecule is COc1ccc(SCC(=O)N2CCN(C=O)CC2)cc1. The van der Waals surface area contributed by atoms with Crippen LogP contribution in [0.3, 0.4) is 0 Å². The van der Waals surface area contributed by atoms with Crippen LogP contribution in [0.4, 0.5) is 0 Å². The lowest BCUT2D eigenvalue weighted by atomic mass is 10.3. The van der Waals surface area contributed by atoms with Crippen LogP contribution in [-0.2, 0) is 9.59 Å². The molecule has 5 nitrogen and oxygen atoms in total. The molecule has 0 bridgehead atoms. The molecule has 0 atom stereocenters. The Kier molecular flexibility index (Phi) is 5.29. The first-order valence-corrected chi connectivity index (χ1v) is 7.45. The zero-order chi connectivity index (χ0) is 14.4. The van der Waals surface area contributed by atoms with Crippen LogP contribution in [0.1, 0.15) is 0 Å². The molecule has 6 heteroatoms. The van der Waals surface area contributed by atoms with Gasteiger partial charge in [0.2, 0.25) is 12.3 Å². The highest BCUT2D eigenvalue weighted by Crippen LogP contribution is 2.21. The molecule has 1 saturated heterocycles. The van der Waals surface area contributed by atoms with Crippen molar-refractivity contribution in [1.82, 2.24) is 9.80 Å². The third-order valence-corrected chi connectivity index (χ3v) is 4.23. The van der Waals surface area contributed by atoms with Crippen LogP contribution in [0, 0.1) is 0 Å². The van der Waals surface area contributed by atoms with Gasteiger partial charge in [-0.2, -0.15) is 0 Å². The van der Waals surface area contributed by atoms with E-state index in [4.69, 9.17) is 4.74 Å². The lowest BCUT2D eigenvalue weighted by molar-refractivity contribution is -0.132. The van der Waals surface area contributed by atoms with Gasteiger partial charge < -0.3 is 14.5 Å². The molecule has 20 heavy (non-hydrogen) atoms. The van der Waals surface area contributed by atoms with Crippen molar-refractivity contribution in [2.45, 2.75) is 4.90 Å². The molecule has 1 aliphatic rings. The summed E-state index contributed by atoms with van der Waals surface area (Å²) in [6.07, 6.45) is 0.841. The molecular weight excluding hydrogens is 276 g/mol. The molecule has 1 aliphatic heterocycles. The predicted octanol–water partition coefficient (Wildman–Crippen LogP) is 1.09. The minimum absolute atomic E-state index is 0.122. The first-order chi connectivity index (χ1) is 9.72. The van der Waals surface area contributed by atoms with Crippen LogP contribution in [0.2, 0.25) is 0 Å². The molecular formula is C14H18N2O3S. The molecule has 0 radical (unpaired) electrons. The second-order valence-electron chi connectivity index (χ2n) is 4.49. The summed E-state index contributed by atoms with van der Waals surface area (Å²) in [5.41, 5.74) is 0. The van der Waals surface area contributed by atoms with Gasteiger partial charge in [0.15, 0.2) is 0 Å². The van der Waals surface area contributed by atoms with Gasteiger partial charge in [-0.05, 0) is 24.3 Å². The largest absolute Gasteiger partial charge is 0.497 e. The van der Waals surface area contributed by atoms with Crippen molar-refractivity contribution >= 4 is 24.1 Å². The molecule has 0 N–H and O–H groups in total. The molecule has 2 amide bonds. The maximum atomic E-state index is 12.1. The highest BCUT2D eigenvalue weighted by Gasteiger charge is 2.19. The van der Waals surface area contributed by atoms with E-state index < -0.39 is 0 Å². The third-order valence-electron chi connectivity index (χ3n) is 3.24. The summed E-state index contributed by atoms with van der Waals surface area (Å²) in [5.74, 6) is 1.36. The molecule has 0 aliphatic carbocycles. The number of ether oxygens (including phenoxy) is 1. The van der Waals surface area contributed by atoms with Crippen LogP contribution in [0.15, 0.2) is 29.2 Å². The van der Waals surface area contributed by atoms with E-state index in [9.17, 15) is 9.59 Å². The summed E-state index contributed by atoms with van der Waals surface area (Å²) in [5, 5.41) is 0. The highest BCUT2D eigenvalue weighted by atomic mass is 32.2. The number of carbonyl (C=O) groups is 2. The van der Waals surface area contributed by atoms with E-state index in [1.165, 1.54) is 11.8 Å². The summed E-state index contributed by atoms with van der Waals surface area (Å²) < 4.78 is 5.09. The molecule has 0 unspecified atom stereocenters. The van der Waals surface area contributed by atoms with Gasteiger partial charge in [-0.1, -0.05) is 0 Å². The number of hydrogen-bond acceptors (Lipinski definition) is 4. The lowest BCUT2D eigenvalue weighted by Gasteiger charge is -2.32. The van der Waals surface area contributed by atoms with E-state index >= 15 is 0 Å². The number of nitrogens with zero attached hydrogens (tertiary/aromatic N) is 2. The van der Waals surface area contributed by atoms with Crippen molar-refractivity contribution in [3.05, 3.63) is 24.3 Å². The van der Waals surface area contributed by atoms with Crippen molar-refractivity contribution in [3.8, 4) is 5.75 Å². The van der Waals surface area contributed by atoms with Crippen molar-refractivity contribution < 1.29 is 14.3 Å². The van der Waals surface area contributed by atoms with Crippen LogP contribution in [-0.4, -0.2) is 61.2 Å². The standard InChI is InChI=1S/C14H18N2O3S/c1-19-12-2-4-13(5-3-12)20-10-14(18)16-8-6-15(11-17)7-9-16/h2-5,11H,6-10H2,1H3. The normalized spacial score (nSPS) is 15.1. The van der Waals surface area contributed by atoms with Gasteiger partial charge in [-0.15, -0.1) is 11.8 Å². The number of benzene rings is 1. The van der Waals surface area contributed by atoms with Crippen LogP contribution in [0.5, 0.6) is 5.75 Å². The van der Waals surface area contributed by atoms with E-state index in [0.717, 1.165) is 17.1 Å². The average molecular weight is 294 g/mol. The van der Waals surface area contributed by atoms with Crippen LogP contribution >= 0.6 is 11.8 Å². The van der Waals surface area contributed by atoms with E-state index in [-0.39, 0.29) is 5.91 Å². The first kappa shape index (κ1) is 14.7. The van der Waals surface area contributed by atoms with E-state index in [1.54, 1.807) is 12.0 Å². The Morgan fingerprint density at radius 3 is 2.45 bits per heavy atom. The molecule has 0 saturated carbocycles. The predicted molar refractivity (Wildman–Crippen MR) is 77.9 cm³/mol. The Balaban J connectivity index is 1.78. The van der Waals surface area contributed by atoms with Crippen molar-refractivity contribution in [3.63, 3.8) is 0 Å². The molecule has 0 aromatic heterocycles. The Labute approximate surface area is 122 Å². The molecule has 1 aromatic carbocycles. The minimum atomic E-state index is 0.122. The van der Waals surface area contributed by atoms with Crippen LogP contribution in [0.25, 0.3) is 0 Å². The third kappa shape index (κ3) is 3.90. The molecule has 2 rings (SSSR count). The van der Waals surface area contributed by atoms with Gasteiger partial charge in [0.25, 0.3) is 0 Å². The smallest absolute Gasteiger partial charge is 0.233 e. The zero-order valence-electron chi connectivity index (χ0n) is 11.4. The fourth-order valence-electron chi connectivity index (χ4n) is 1.99. The molecule has 108 valence electrons. The molecule has 1 fully saturated rings. The van der Waals surface area contributed by atoms with E-state index in [2.05, 4.69) is 0 Å². The van der Waals surface area contributed by atoms with Crippen molar-refractivity contribution in [1.29, 1.82) is 0 Å². The number of thioether (sulfide) groups is 1. The highest BCUT2D eigenvalue weighted by molar-refractivity contribution is 8.00. The topological polar surface area (TPSA) is 49.9 Å². The lowest BCUT2D eigenvalue weighted by Crippen LogP contribution is -2.48. The maximum Gasteiger partial charge on any atom is 0.233 e. The fraction of sp³-hybridized carbons (Fsp3) is 0.429. The van der Waals surface area contributed by atoms with Crippen molar-refractivity contribution in [2.75, 3.05) is 39.0 Å². The van der Waals surface area contributed by atoms with Crippen LogP contribution < -0.4 is 4.74 Å². The number of hydrogen-bond donors (Lipinski definition) is 0. The Morgan fingerprint density at radius 1 is 1.25 bits per heavy atom. The summed E-state index contributed by atoms with van der Waals surface area (Å²) in [4.78, 5) is 27.2. The summed E-state index contributed by atoms with van der Waals surface area (Å²) in [6, 6.07) is 7.66. The van der Waals surface area contributed by atoms with Gasteiger partial charge in [-0.25, -0.2) is 0 Å². The second kappa shape index (κ2) is 7.19. The fourth-order valence-corrected chi connectivity index (χ4v) is 2.79. The molecule has 1 aromatic rings. The minimum Gasteiger partial charge on any atom is -0.497 e. The Morgan fingerprint density at radius 2 is 1.90 bits per heavy atom. The first-order valence-electron chi connectivity index (χ1n) is 6.47. The van der Waals surface area contributed by atoms with Gasteiger partial charge in [0.1, 0.15) is 5.75 Å².